The fourth-order valence-corrected chi connectivity index (χ4v) is 3.62. The van der Waals surface area contributed by atoms with Gasteiger partial charge in [-0.25, -0.2) is 9.78 Å². The highest BCUT2D eigenvalue weighted by atomic mass is 32.2. The fraction of sp³-hybridized carbons (Fsp3) is 0.706. The molecule has 2 heterocycles. The number of imidazole rings is 1. The number of unbranched alkanes of at least 4 members (excludes halogenated alkanes) is 4. The number of hydrogen-bond donors (Lipinski definition) is 1. The second-order valence-electron chi connectivity index (χ2n) is 6.29. The average molecular weight is 353 g/mol. The van der Waals surface area contributed by atoms with Crippen LogP contribution >= 0.6 is 11.8 Å². The maximum absolute atomic E-state index is 12.3. The topological polar surface area (TPSA) is 72.7 Å². The van der Waals surface area contributed by atoms with Gasteiger partial charge in [-0.1, -0.05) is 58.2 Å². The van der Waals surface area contributed by atoms with Gasteiger partial charge in [0, 0.05) is 18.8 Å². The molecule has 1 N–H and O–H groups in total. The van der Waals surface area contributed by atoms with E-state index in [0.717, 1.165) is 31.0 Å². The molecule has 6 nitrogen and oxygen atoms in total. The molecule has 1 atom stereocenters. The lowest BCUT2D eigenvalue weighted by molar-refractivity contribution is 0.551. The number of rotatable bonds is 9. The van der Waals surface area contributed by atoms with Gasteiger partial charge in [-0.15, -0.1) is 0 Å². The Hall–Kier alpha value is -1.50. The minimum atomic E-state index is -0.416. The number of thioether (sulfide) groups is 1. The van der Waals surface area contributed by atoms with Gasteiger partial charge in [0.25, 0.3) is 5.56 Å². The van der Waals surface area contributed by atoms with Crippen LogP contribution in [0.15, 0.2) is 14.7 Å². The van der Waals surface area contributed by atoms with Crippen molar-refractivity contribution < 1.29 is 0 Å². The third-order valence-electron chi connectivity index (χ3n) is 4.34. The Morgan fingerprint density at radius 2 is 1.88 bits per heavy atom. The summed E-state index contributed by atoms with van der Waals surface area (Å²) in [6.45, 7) is 7.25. The molecule has 0 aliphatic rings. The van der Waals surface area contributed by atoms with E-state index in [1.165, 1.54) is 23.8 Å². The lowest BCUT2D eigenvalue weighted by atomic mass is 10.1. The number of aryl methyl sites for hydroxylation is 2. The number of hydrogen-bond acceptors (Lipinski definition) is 4. The summed E-state index contributed by atoms with van der Waals surface area (Å²) in [5.41, 5.74) is 0.229. The van der Waals surface area contributed by atoms with Crippen LogP contribution in [-0.2, 0) is 13.6 Å². The molecule has 0 spiro atoms. The normalized spacial score (nSPS) is 12.8. The van der Waals surface area contributed by atoms with E-state index in [0.29, 0.717) is 16.4 Å². The van der Waals surface area contributed by atoms with E-state index >= 15 is 0 Å². The largest absolute Gasteiger partial charge is 0.329 e. The van der Waals surface area contributed by atoms with Gasteiger partial charge >= 0.3 is 5.69 Å². The van der Waals surface area contributed by atoms with E-state index in [2.05, 4.69) is 30.7 Å². The summed E-state index contributed by atoms with van der Waals surface area (Å²) < 4.78 is 3.42. The zero-order valence-corrected chi connectivity index (χ0v) is 15.9. The highest BCUT2D eigenvalue weighted by Gasteiger charge is 2.18. The van der Waals surface area contributed by atoms with Crippen molar-refractivity contribution in [3.63, 3.8) is 0 Å². The first-order valence-electron chi connectivity index (χ1n) is 8.85. The predicted molar refractivity (Wildman–Crippen MR) is 100.0 cm³/mol. The van der Waals surface area contributed by atoms with E-state index in [4.69, 9.17) is 0 Å². The highest BCUT2D eigenvalue weighted by molar-refractivity contribution is 7.99. The Balaban J connectivity index is 2.40. The summed E-state index contributed by atoms with van der Waals surface area (Å²) in [7, 11) is 1.65. The summed E-state index contributed by atoms with van der Waals surface area (Å²) in [6, 6.07) is 0. The van der Waals surface area contributed by atoms with Crippen LogP contribution in [0.25, 0.3) is 11.2 Å². The smallest absolute Gasteiger partial charge is 0.313 e. The maximum Gasteiger partial charge on any atom is 0.329 e. The van der Waals surface area contributed by atoms with Crippen molar-refractivity contribution in [2.75, 3.05) is 0 Å². The molecule has 0 amide bonds. The molecule has 0 aliphatic heterocycles. The molecule has 134 valence electrons. The molecule has 0 aromatic carbocycles. The third kappa shape index (κ3) is 4.12. The first-order valence-corrected chi connectivity index (χ1v) is 9.73. The molecular formula is C17H28N4O2S. The Kier molecular flexibility index (Phi) is 6.71. The van der Waals surface area contributed by atoms with Crippen molar-refractivity contribution in [2.24, 2.45) is 7.05 Å². The maximum atomic E-state index is 12.3. The Morgan fingerprint density at radius 1 is 1.17 bits per heavy atom. The Bertz CT molecular complexity index is 790. The van der Waals surface area contributed by atoms with Crippen molar-refractivity contribution in [1.29, 1.82) is 0 Å². The summed E-state index contributed by atoms with van der Waals surface area (Å²) in [5, 5.41) is 1.25. The number of nitrogens with one attached hydrogen (secondary N) is 1. The van der Waals surface area contributed by atoms with Gasteiger partial charge in [0.05, 0.1) is 0 Å². The monoisotopic (exact) mass is 352 g/mol. The lowest BCUT2D eigenvalue weighted by Gasteiger charge is -2.11. The van der Waals surface area contributed by atoms with Gasteiger partial charge in [-0.05, 0) is 12.8 Å². The second kappa shape index (κ2) is 8.55. The van der Waals surface area contributed by atoms with Crippen LogP contribution < -0.4 is 11.2 Å². The van der Waals surface area contributed by atoms with Crippen LogP contribution in [0, 0.1) is 0 Å². The van der Waals surface area contributed by atoms with Crippen molar-refractivity contribution in [1.82, 2.24) is 19.1 Å². The molecule has 0 aliphatic carbocycles. The van der Waals surface area contributed by atoms with Crippen LogP contribution in [0.1, 0.15) is 59.3 Å². The molecule has 0 saturated heterocycles. The van der Waals surface area contributed by atoms with Gasteiger partial charge in [0.15, 0.2) is 16.3 Å². The quantitative estimate of drug-likeness (QED) is 0.555. The van der Waals surface area contributed by atoms with Gasteiger partial charge < -0.3 is 4.57 Å². The van der Waals surface area contributed by atoms with E-state index in [-0.39, 0.29) is 5.56 Å². The molecule has 0 unspecified atom stereocenters. The SMILES string of the molecule is CCCCCCCn1c(S[C@@H](C)CC)nc2c1c(=O)[nH]c(=O)n2C. The molecular weight excluding hydrogens is 324 g/mol. The summed E-state index contributed by atoms with van der Waals surface area (Å²) in [4.78, 5) is 31.2. The first-order chi connectivity index (χ1) is 11.5. The zero-order valence-electron chi connectivity index (χ0n) is 15.1. The van der Waals surface area contributed by atoms with Crippen molar-refractivity contribution in [3.05, 3.63) is 20.8 Å². The number of aromatic nitrogens is 4. The van der Waals surface area contributed by atoms with Crippen LogP contribution in [0.4, 0.5) is 0 Å². The predicted octanol–water partition coefficient (Wildman–Crippen LogP) is 3.28. The van der Waals surface area contributed by atoms with E-state index in [1.54, 1.807) is 18.8 Å². The number of nitrogens with zero attached hydrogens (tertiary/aromatic N) is 3. The molecule has 2 aromatic heterocycles. The molecule has 0 fully saturated rings. The molecule has 2 rings (SSSR count). The van der Waals surface area contributed by atoms with Crippen LogP contribution in [0.5, 0.6) is 0 Å². The highest BCUT2D eigenvalue weighted by Crippen LogP contribution is 2.27. The molecule has 0 saturated carbocycles. The molecule has 7 heteroatoms. The van der Waals surface area contributed by atoms with Gasteiger partial charge in [0.2, 0.25) is 0 Å². The van der Waals surface area contributed by atoms with Gasteiger partial charge in [-0.2, -0.15) is 0 Å². The average Bonchev–Trinajstić information content (AvgIpc) is 2.91. The van der Waals surface area contributed by atoms with Gasteiger partial charge in [0.1, 0.15) is 0 Å². The van der Waals surface area contributed by atoms with Crippen molar-refractivity contribution in [3.8, 4) is 0 Å². The lowest BCUT2D eigenvalue weighted by Crippen LogP contribution is -2.29. The van der Waals surface area contributed by atoms with Crippen LogP contribution in [-0.4, -0.2) is 24.4 Å². The van der Waals surface area contributed by atoms with E-state index in [9.17, 15) is 9.59 Å². The van der Waals surface area contributed by atoms with Crippen molar-refractivity contribution >= 4 is 22.9 Å². The Labute approximate surface area is 146 Å². The summed E-state index contributed by atoms with van der Waals surface area (Å²) >= 11 is 1.67. The third-order valence-corrected chi connectivity index (χ3v) is 5.60. The zero-order chi connectivity index (χ0) is 17.7. The second-order valence-corrected chi connectivity index (χ2v) is 7.69. The van der Waals surface area contributed by atoms with E-state index < -0.39 is 5.69 Å². The molecule has 0 radical (unpaired) electrons. The van der Waals surface area contributed by atoms with Crippen LogP contribution in [0.3, 0.4) is 0 Å². The minimum absolute atomic E-state index is 0.342. The van der Waals surface area contributed by atoms with Crippen LogP contribution in [0.2, 0.25) is 0 Å². The first kappa shape index (κ1) is 18.8. The standard InChI is InChI=1S/C17H28N4O2S/c1-5-7-8-9-10-11-21-13-14(18-17(21)24-12(3)6-2)20(4)16(23)19-15(13)22/h12H,5-11H2,1-4H3,(H,19,22,23)/t12-/m0/s1. The summed E-state index contributed by atoms with van der Waals surface area (Å²) in [5.74, 6) is 0. The number of aromatic amines is 1. The molecule has 2 aromatic rings. The summed E-state index contributed by atoms with van der Waals surface area (Å²) in [6.07, 6.45) is 6.86. The number of H-pyrrole nitrogens is 1. The van der Waals surface area contributed by atoms with Crippen molar-refractivity contribution in [2.45, 2.75) is 76.2 Å². The molecule has 0 bridgehead atoms. The van der Waals surface area contributed by atoms with E-state index in [1.807, 2.05) is 4.57 Å². The Morgan fingerprint density at radius 3 is 2.54 bits per heavy atom. The fourth-order valence-electron chi connectivity index (χ4n) is 2.65. The molecule has 24 heavy (non-hydrogen) atoms. The minimum Gasteiger partial charge on any atom is -0.313 e. The van der Waals surface area contributed by atoms with Gasteiger partial charge in [-0.3, -0.25) is 14.3 Å². The number of fused-ring (bicyclic) bond motifs is 1.